The molecule has 2 bridgehead atoms. The lowest BCUT2D eigenvalue weighted by Crippen LogP contribution is -2.34. The van der Waals surface area contributed by atoms with Gasteiger partial charge < -0.3 is 14.9 Å². The first-order chi connectivity index (χ1) is 10.6. The summed E-state index contributed by atoms with van der Waals surface area (Å²) in [5, 5.41) is 18.3. The number of benzene rings is 1. The number of carboxylic acids is 2. The normalized spacial score (nSPS) is 29.6. The zero-order valence-corrected chi connectivity index (χ0v) is 12.3. The average molecular weight is 304 g/mol. The van der Waals surface area contributed by atoms with E-state index in [0.717, 1.165) is 24.0 Å². The molecule has 2 aliphatic heterocycles. The summed E-state index contributed by atoms with van der Waals surface area (Å²) in [6.07, 6.45) is 2.85. The Labute approximate surface area is 128 Å². The number of ether oxygens (including phenoxy) is 1. The molecule has 22 heavy (non-hydrogen) atoms. The standard InChI is InChI=1S/C17H20O5/c18-15(19)8-5-10-3-1-2-4-11(10)9-12-13-6-7-14(22-13)16(12)17(20)21/h1-4,12-14,16H,5-9H2,(H,18,19)(H,20,21)/t12-,13+,14+,16-/m1/s1. The fourth-order valence-electron chi connectivity index (χ4n) is 3.87. The molecule has 118 valence electrons. The first kappa shape index (κ1) is 15.0. The molecule has 2 N–H and O–H groups in total. The molecule has 4 atom stereocenters. The smallest absolute Gasteiger partial charge is 0.309 e. The van der Waals surface area contributed by atoms with Crippen LogP contribution in [0.25, 0.3) is 0 Å². The van der Waals surface area contributed by atoms with Gasteiger partial charge in [0.2, 0.25) is 0 Å². The number of aryl methyl sites for hydroxylation is 1. The van der Waals surface area contributed by atoms with E-state index in [1.165, 1.54) is 0 Å². The van der Waals surface area contributed by atoms with Crippen LogP contribution in [0.2, 0.25) is 0 Å². The van der Waals surface area contributed by atoms with Gasteiger partial charge in [-0.05, 0) is 36.8 Å². The van der Waals surface area contributed by atoms with Crippen molar-refractivity contribution in [2.75, 3.05) is 0 Å². The van der Waals surface area contributed by atoms with Crippen LogP contribution in [0, 0.1) is 11.8 Å². The first-order valence-corrected chi connectivity index (χ1v) is 7.73. The molecular formula is C17H20O5. The minimum absolute atomic E-state index is 0.0118. The quantitative estimate of drug-likeness (QED) is 0.841. The number of rotatable bonds is 6. The van der Waals surface area contributed by atoms with Crippen molar-refractivity contribution < 1.29 is 24.5 Å². The highest BCUT2D eigenvalue weighted by atomic mass is 16.5. The highest BCUT2D eigenvalue weighted by Crippen LogP contribution is 2.45. The van der Waals surface area contributed by atoms with Crippen LogP contribution < -0.4 is 0 Å². The lowest BCUT2D eigenvalue weighted by atomic mass is 9.75. The first-order valence-electron chi connectivity index (χ1n) is 7.73. The minimum Gasteiger partial charge on any atom is -0.481 e. The van der Waals surface area contributed by atoms with Crippen LogP contribution in [0.1, 0.15) is 30.4 Å². The molecule has 5 heteroatoms. The Bertz CT molecular complexity index is 582. The van der Waals surface area contributed by atoms with Gasteiger partial charge in [-0.2, -0.15) is 0 Å². The zero-order valence-electron chi connectivity index (χ0n) is 12.3. The van der Waals surface area contributed by atoms with Crippen LogP contribution in [0.4, 0.5) is 0 Å². The zero-order chi connectivity index (χ0) is 15.7. The highest BCUT2D eigenvalue weighted by molar-refractivity contribution is 5.72. The second kappa shape index (κ2) is 6.08. The molecule has 1 aromatic rings. The van der Waals surface area contributed by atoms with Gasteiger partial charge in [0.25, 0.3) is 0 Å². The molecule has 2 fully saturated rings. The van der Waals surface area contributed by atoms with E-state index in [4.69, 9.17) is 9.84 Å². The maximum Gasteiger partial charge on any atom is 0.309 e. The second-order valence-corrected chi connectivity index (χ2v) is 6.18. The van der Waals surface area contributed by atoms with Gasteiger partial charge in [-0.1, -0.05) is 24.3 Å². The maximum atomic E-state index is 11.5. The monoisotopic (exact) mass is 304 g/mol. The van der Waals surface area contributed by atoms with E-state index < -0.39 is 17.9 Å². The molecule has 2 heterocycles. The Morgan fingerprint density at radius 1 is 1.09 bits per heavy atom. The number of carboxylic acid groups (broad SMARTS) is 2. The Hall–Kier alpha value is -1.88. The molecule has 3 rings (SSSR count). The SMILES string of the molecule is O=C(O)CCc1ccccc1C[C@H]1[C@@H](C(=O)O)[C@@H]2CC[C@@H]1O2. The third-order valence-corrected chi connectivity index (χ3v) is 4.89. The van der Waals surface area contributed by atoms with E-state index in [2.05, 4.69) is 0 Å². The Balaban J connectivity index is 1.78. The molecule has 0 amide bonds. The molecule has 2 aliphatic rings. The number of carbonyl (C=O) groups is 2. The van der Waals surface area contributed by atoms with Crippen molar-refractivity contribution >= 4 is 11.9 Å². The van der Waals surface area contributed by atoms with Crippen molar-refractivity contribution in [1.82, 2.24) is 0 Å². The van der Waals surface area contributed by atoms with Gasteiger partial charge in [0.05, 0.1) is 18.1 Å². The summed E-state index contributed by atoms with van der Waals surface area (Å²) in [7, 11) is 0. The largest absolute Gasteiger partial charge is 0.481 e. The molecule has 0 aliphatic carbocycles. The van der Waals surface area contributed by atoms with Crippen LogP contribution in [-0.2, 0) is 27.2 Å². The van der Waals surface area contributed by atoms with Crippen LogP contribution >= 0.6 is 0 Å². The molecule has 0 aromatic heterocycles. The Morgan fingerprint density at radius 3 is 2.45 bits per heavy atom. The topological polar surface area (TPSA) is 83.8 Å². The van der Waals surface area contributed by atoms with Gasteiger partial charge in [-0.25, -0.2) is 0 Å². The van der Waals surface area contributed by atoms with E-state index in [1.807, 2.05) is 24.3 Å². The van der Waals surface area contributed by atoms with Crippen molar-refractivity contribution in [2.24, 2.45) is 11.8 Å². The van der Waals surface area contributed by atoms with Gasteiger partial charge in [0.1, 0.15) is 0 Å². The summed E-state index contributed by atoms with van der Waals surface area (Å²) < 4.78 is 5.79. The second-order valence-electron chi connectivity index (χ2n) is 6.18. The van der Waals surface area contributed by atoms with E-state index in [0.29, 0.717) is 12.8 Å². The maximum absolute atomic E-state index is 11.5. The van der Waals surface area contributed by atoms with E-state index >= 15 is 0 Å². The number of aliphatic carboxylic acids is 2. The lowest BCUT2D eigenvalue weighted by molar-refractivity contribution is -0.144. The van der Waals surface area contributed by atoms with E-state index in [9.17, 15) is 14.7 Å². The van der Waals surface area contributed by atoms with E-state index in [-0.39, 0.29) is 24.5 Å². The summed E-state index contributed by atoms with van der Waals surface area (Å²) in [4.78, 5) is 22.3. The number of fused-ring (bicyclic) bond motifs is 2. The molecule has 0 saturated carbocycles. The van der Waals surface area contributed by atoms with Crippen LogP contribution in [0.5, 0.6) is 0 Å². The number of hydrogen-bond acceptors (Lipinski definition) is 3. The molecule has 5 nitrogen and oxygen atoms in total. The molecule has 0 unspecified atom stereocenters. The Kier molecular flexibility index (Phi) is 4.16. The van der Waals surface area contributed by atoms with Crippen LogP contribution in [-0.4, -0.2) is 34.4 Å². The predicted octanol–water partition coefficient (Wildman–Crippen LogP) is 2.12. The van der Waals surface area contributed by atoms with Crippen LogP contribution in [0.3, 0.4) is 0 Å². The molecule has 0 spiro atoms. The van der Waals surface area contributed by atoms with Crippen molar-refractivity contribution in [3.05, 3.63) is 35.4 Å². The molecular weight excluding hydrogens is 284 g/mol. The Morgan fingerprint density at radius 2 is 1.77 bits per heavy atom. The average Bonchev–Trinajstić information content (AvgIpc) is 3.07. The van der Waals surface area contributed by atoms with Crippen LogP contribution in [0.15, 0.2) is 24.3 Å². The van der Waals surface area contributed by atoms with Gasteiger partial charge >= 0.3 is 11.9 Å². The van der Waals surface area contributed by atoms with Gasteiger partial charge in [0.15, 0.2) is 0 Å². The summed E-state index contributed by atoms with van der Waals surface area (Å²) in [5.74, 6) is -2.05. The summed E-state index contributed by atoms with van der Waals surface area (Å²) in [6, 6.07) is 7.72. The number of hydrogen-bond donors (Lipinski definition) is 2. The van der Waals surface area contributed by atoms with Crippen molar-refractivity contribution in [1.29, 1.82) is 0 Å². The van der Waals surface area contributed by atoms with E-state index in [1.54, 1.807) is 0 Å². The summed E-state index contributed by atoms with van der Waals surface area (Å²) in [5.41, 5.74) is 2.05. The highest BCUT2D eigenvalue weighted by Gasteiger charge is 2.52. The molecule has 0 radical (unpaired) electrons. The predicted molar refractivity (Wildman–Crippen MR) is 78.6 cm³/mol. The third kappa shape index (κ3) is 2.86. The van der Waals surface area contributed by atoms with Gasteiger partial charge in [0, 0.05) is 12.3 Å². The minimum atomic E-state index is -0.818. The molecule has 1 aromatic carbocycles. The lowest BCUT2D eigenvalue weighted by Gasteiger charge is -2.25. The fourth-order valence-corrected chi connectivity index (χ4v) is 3.87. The summed E-state index contributed by atoms with van der Waals surface area (Å²) in [6.45, 7) is 0. The molecule has 2 saturated heterocycles. The van der Waals surface area contributed by atoms with Gasteiger partial charge in [-0.15, -0.1) is 0 Å². The van der Waals surface area contributed by atoms with Crippen molar-refractivity contribution in [3.8, 4) is 0 Å². The van der Waals surface area contributed by atoms with Gasteiger partial charge in [-0.3, -0.25) is 9.59 Å². The van der Waals surface area contributed by atoms with Crippen molar-refractivity contribution in [3.63, 3.8) is 0 Å². The summed E-state index contributed by atoms with van der Waals surface area (Å²) >= 11 is 0. The fraction of sp³-hybridized carbons (Fsp3) is 0.529. The van der Waals surface area contributed by atoms with Crippen molar-refractivity contribution in [2.45, 2.75) is 44.3 Å². The third-order valence-electron chi connectivity index (χ3n) is 4.89.